The molecule has 9 heteroatoms. The Labute approximate surface area is 161 Å². The molecule has 1 aliphatic rings. The summed E-state index contributed by atoms with van der Waals surface area (Å²) in [6.07, 6.45) is 1.32. The van der Waals surface area contributed by atoms with Gasteiger partial charge in [0.25, 0.3) is 10.1 Å². The number of aliphatic imine (C=N–C) groups is 1. The molecule has 0 saturated heterocycles. The van der Waals surface area contributed by atoms with Crippen molar-refractivity contribution in [3.63, 3.8) is 0 Å². The van der Waals surface area contributed by atoms with E-state index in [0.717, 1.165) is 28.6 Å². The summed E-state index contributed by atoms with van der Waals surface area (Å²) < 4.78 is 30.5. The van der Waals surface area contributed by atoms with Crippen LogP contribution in [0.25, 0.3) is 5.69 Å². The molecule has 0 bridgehead atoms. The summed E-state index contributed by atoms with van der Waals surface area (Å²) >= 11 is 6.37. The monoisotopic (exact) mass is 402 g/mol. The molecule has 0 fully saturated rings. The molecule has 2 heterocycles. The third kappa shape index (κ3) is 3.27. The van der Waals surface area contributed by atoms with Gasteiger partial charge in [-0.2, -0.15) is 8.42 Å². The maximum absolute atomic E-state index is 11.8. The highest BCUT2D eigenvalue weighted by molar-refractivity contribution is 7.86. The van der Waals surface area contributed by atoms with Crippen LogP contribution in [0.4, 0.5) is 0 Å². The molecule has 0 N–H and O–H groups in total. The van der Waals surface area contributed by atoms with Crippen LogP contribution in [0.15, 0.2) is 53.8 Å². The van der Waals surface area contributed by atoms with Crippen LogP contribution >= 0.6 is 11.6 Å². The lowest BCUT2D eigenvalue weighted by atomic mass is 9.96. The number of hydrogen-bond donors (Lipinski definition) is 0. The van der Waals surface area contributed by atoms with Gasteiger partial charge in [0.1, 0.15) is 6.33 Å². The fourth-order valence-corrected chi connectivity index (χ4v) is 3.67. The van der Waals surface area contributed by atoms with Crippen molar-refractivity contribution in [2.45, 2.75) is 13.2 Å². The molecule has 138 valence electrons. The van der Waals surface area contributed by atoms with Crippen LogP contribution in [0.5, 0.6) is 0 Å². The zero-order valence-electron chi connectivity index (χ0n) is 14.5. The van der Waals surface area contributed by atoms with Gasteiger partial charge in [0.05, 0.1) is 17.7 Å². The minimum absolute atomic E-state index is 0.273. The predicted octanol–water partition coefficient (Wildman–Crippen LogP) is 3.05. The van der Waals surface area contributed by atoms with Gasteiger partial charge in [-0.3, -0.25) is 4.57 Å². The van der Waals surface area contributed by atoms with E-state index in [9.17, 15) is 8.42 Å². The van der Waals surface area contributed by atoms with E-state index in [-0.39, 0.29) is 5.82 Å². The lowest BCUT2D eigenvalue weighted by Gasteiger charge is -2.15. The number of halogens is 1. The first-order valence-electron chi connectivity index (χ1n) is 8.06. The quantitative estimate of drug-likeness (QED) is 0.628. The fourth-order valence-electron chi connectivity index (χ4n) is 3.05. The average Bonchev–Trinajstić information content (AvgIpc) is 3.06. The van der Waals surface area contributed by atoms with Crippen molar-refractivity contribution in [1.82, 2.24) is 14.8 Å². The van der Waals surface area contributed by atoms with Gasteiger partial charge in [-0.25, -0.2) is 9.18 Å². The Morgan fingerprint density at radius 3 is 2.59 bits per heavy atom. The Kier molecular flexibility index (Phi) is 4.33. The van der Waals surface area contributed by atoms with Crippen molar-refractivity contribution in [2.75, 3.05) is 6.26 Å². The zero-order chi connectivity index (χ0) is 19.2. The molecule has 2 aromatic carbocycles. The second-order valence-corrected chi connectivity index (χ2v) is 8.13. The molecule has 3 aromatic rings. The molecule has 0 saturated carbocycles. The maximum Gasteiger partial charge on any atom is 0.266 e. The highest BCUT2D eigenvalue weighted by atomic mass is 35.5. The third-order valence-corrected chi connectivity index (χ3v) is 5.17. The van der Waals surface area contributed by atoms with Gasteiger partial charge >= 0.3 is 0 Å². The number of benzene rings is 2. The Morgan fingerprint density at radius 2 is 1.89 bits per heavy atom. The Bertz CT molecular complexity index is 1160. The third-order valence-electron chi connectivity index (χ3n) is 4.23. The number of fused-ring (bicyclic) bond motifs is 3. The minimum Gasteiger partial charge on any atom is -0.281 e. The van der Waals surface area contributed by atoms with Crippen molar-refractivity contribution in [3.8, 4) is 5.69 Å². The average molecular weight is 403 g/mol. The van der Waals surface area contributed by atoms with E-state index < -0.39 is 16.3 Å². The summed E-state index contributed by atoms with van der Waals surface area (Å²) in [7, 11) is -3.79. The fraction of sp³-hybridized carbons (Fsp3) is 0.167. The SMILES string of the molecule is Cc1c(Cl)ccc2c1C(c1ccccc1)=NC(OS(C)(=O)=O)c1nncn1-2. The van der Waals surface area contributed by atoms with E-state index in [0.29, 0.717) is 10.7 Å². The highest BCUT2D eigenvalue weighted by Crippen LogP contribution is 2.34. The van der Waals surface area contributed by atoms with Crippen LogP contribution in [0, 0.1) is 6.92 Å². The predicted molar refractivity (Wildman–Crippen MR) is 102 cm³/mol. The van der Waals surface area contributed by atoms with E-state index >= 15 is 0 Å². The Balaban J connectivity index is 2.06. The van der Waals surface area contributed by atoms with Gasteiger partial charge in [-0.05, 0) is 24.6 Å². The van der Waals surface area contributed by atoms with Gasteiger partial charge in [0.2, 0.25) is 6.23 Å². The van der Waals surface area contributed by atoms with Crippen LogP contribution < -0.4 is 0 Å². The number of hydrogen-bond acceptors (Lipinski definition) is 6. The number of nitrogens with zero attached hydrogens (tertiary/aromatic N) is 4. The van der Waals surface area contributed by atoms with Crippen LogP contribution in [-0.4, -0.2) is 35.1 Å². The zero-order valence-corrected chi connectivity index (χ0v) is 16.1. The molecule has 0 radical (unpaired) electrons. The lowest BCUT2D eigenvalue weighted by molar-refractivity contribution is 0.214. The van der Waals surface area contributed by atoms with Crippen molar-refractivity contribution in [1.29, 1.82) is 0 Å². The lowest BCUT2D eigenvalue weighted by Crippen LogP contribution is -2.13. The van der Waals surface area contributed by atoms with Gasteiger partial charge in [0.15, 0.2) is 5.82 Å². The van der Waals surface area contributed by atoms with Gasteiger partial charge in [0, 0.05) is 16.1 Å². The van der Waals surface area contributed by atoms with E-state index in [1.54, 1.807) is 10.6 Å². The van der Waals surface area contributed by atoms with Crippen LogP contribution in [0.1, 0.15) is 28.7 Å². The Hall–Kier alpha value is -2.55. The summed E-state index contributed by atoms with van der Waals surface area (Å²) in [5.74, 6) is 0.273. The molecule has 1 aromatic heterocycles. The summed E-state index contributed by atoms with van der Waals surface area (Å²) in [4.78, 5) is 4.62. The first kappa shape index (κ1) is 17.8. The van der Waals surface area contributed by atoms with E-state index in [2.05, 4.69) is 15.2 Å². The number of aromatic nitrogens is 3. The first-order chi connectivity index (χ1) is 12.8. The molecular weight excluding hydrogens is 388 g/mol. The van der Waals surface area contributed by atoms with Crippen molar-refractivity contribution >= 4 is 27.4 Å². The van der Waals surface area contributed by atoms with Crippen LogP contribution in [-0.2, 0) is 14.3 Å². The summed E-state index contributed by atoms with van der Waals surface area (Å²) in [5.41, 5.74) is 3.72. The van der Waals surface area contributed by atoms with E-state index in [4.69, 9.17) is 15.8 Å². The molecule has 1 aliphatic heterocycles. The summed E-state index contributed by atoms with van der Waals surface area (Å²) in [6.45, 7) is 1.89. The molecule has 0 aliphatic carbocycles. The summed E-state index contributed by atoms with van der Waals surface area (Å²) in [5, 5.41) is 8.53. The van der Waals surface area contributed by atoms with E-state index in [1.807, 2.05) is 43.3 Å². The van der Waals surface area contributed by atoms with Gasteiger partial charge < -0.3 is 0 Å². The Morgan fingerprint density at radius 1 is 1.15 bits per heavy atom. The second kappa shape index (κ2) is 6.56. The molecule has 1 unspecified atom stereocenters. The maximum atomic E-state index is 11.8. The molecule has 7 nitrogen and oxygen atoms in total. The molecule has 0 spiro atoms. The van der Waals surface area contributed by atoms with Crippen molar-refractivity contribution in [3.05, 3.63) is 76.3 Å². The molecule has 1 atom stereocenters. The largest absolute Gasteiger partial charge is 0.281 e. The van der Waals surface area contributed by atoms with Crippen LogP contribution in [0.3, 0.4) is 0 Å². The first-order valence-corrected chi connectivity index (χ1v) is 10.3. The standard InChI is InChI=1S/C18H15ClN4O3S/c1-11-13(19)8-9-14-15(11)16(12-6-4-3-5-7-12)21-18(26-27(2,24)25)17-22-20-10-23(14)17/h3-10,18H,1-2H3. The number of rotatable bonds is 3. The van der Waals surface area contributed by atoms with Gasteiger partial charge in [-0.15, -0.1) is 10.2 Å². The molecule has 27 heavy (non-hydrogen) atoms. The summed E-state index contributed by atoms with van der Waals surface area (Å²) in [6, 6.07) is 13.1. The van der Waals surface area contributed by atoms with Crippen LogP contribution in [0.2, 0.25) is 5.02 Å². The van der Waals surface area contributed by atoms with Crippen molar-refractivity contribution < 1.29 is 12.6 Å². The molecular formula is C18H15ClN4O3S. The topological polar surface area (TPSA) is 86.4 Å². The molecule has 4 rings (SSSR count). The van der Waals surface area contributed by atoms with E-state index in [1.165, 1.54) is 6.33 Å². The normalized spacial score (nSPS) is 16.3. The second-order valence-electron chi connectivity index (χ2n) is 6.12. The molecule has 0 amide bonds. The smallest absolute Gasteiger partial charge is 0.266 e. The highest BCUT2D eigenvalue weighted by Gasteiger charge is 2.30. The van der Waals surface area contributed by atoms with Crippen molar-refractivity contribution in [2.24, 2.45) is 4.99 Å². The van der Waals surface area contributed by atoms with Gasteiger partial charge in [-0.1, -0.05) is 41.9 Å². The minimum atomic E-state index is -3.79.